The van der Waals surface area contributed by atoms with Crippen LogP contribution in [0.2, 0.25) is 0 Å². The average molecular weight is 613 g/mol. The number of aliphatic hydroxyl groups is 1. The molecule has 1 atom stereocenters. The van der Waals surface area contributed by atoms with Crippen LogP contribution in [0.4, 0.5) is 0 Å². The van der Waals surface area contributed by atoms with Gasteiger partial charge in [0.1, 0.15) is 5.75 Å². The van der Waals surface area contributed by atoms with Gasteiger partial charge in [0.25, 0.3) is 0 Å². The quantitative estimate of drug-likeness (QED) is 0.164. The van der Waals surface area contributed by atoms with Crippen LogP contribution < -0.4 is 4.74 Å². The molecule has 0 aliphatic heterocycles. The molecule has 0 aliphatic rings. The molecular weight excluding hydrogens is 553 g/mol. The molecule has 4 heteroatoms. The zero-order valence-corrected chi connectivity index (χ0v) is 31.1. The van der Waals surface area contributed by atoms with E-state index < -0.39 is 0 Å². The fraction of sp³-hybridized carbons (Fsp3) is 0.632. The third kappa shape index (κ3) is 10.9. The summed E-state index contributed by atoms with van der Waals surface area (Å²) < 4.78 is 6.67. The van der Waals surface area contributed by atoms with E-state index in [0.29, 0.717) is 6.42 Å². The van der Waals surface area contributed by atoms with Gasteiger partial charge >= 0.3 is 0 Å². The Morgan fingerprint density at radius 2 is 1.10 bits per heavy atom. The summed E-state index contributed by atoms with van der Waals surface area (Å²) in [7, 11) is 0. The van der Waals surface area contributed by atoms with E-state index in [-0.39, 0.29) is 37.6 Å². The van der Waals surface area contributed by atoms with E-state index in [9.17, 15) is 5.11 Å². The first-order valence-electron chi connectivity index (χ1n) is 15.6. The lowest BCUT2D eigenvalue weighted by atomic mass is 9.79. The minimum atomic E-state index is -0.0850. The van der Waals surface area contributed by atoms with Gasteiger partial charge in [-0.25, -0.2) is 0 Å². The number of ether oxygens (including phenoxy) is 1. The Morgan fingerprint density at radius 3 is 1.45 bits per heavy atom. The molecule has 236 valence electrons. The zero-order valence-electron chi connectivity index (χ0n) is 29.5. The second kappa shape index (κ2) is 13.2. The van der Waals surface area contributed by atoms with Crippen LogP contribution in [0.15, 0.2) is 52.5 Å². The van der Waals surface area contributed by atoms with Gasteiger partial charge in [-0.3, -0.25) is 0 Å². The minimum Gasteiger partial charge on any atom is -0.513 e. The van der Waals surface area contributed by atoms with Gasteiger partial charge in [0.15, 0.2) is 0 Å². The van der Waals surface area contributed by atoms with Crippen molar-refractivity contribution in [1.29, 1.82) is 0 Å². The first-order valence-corrected chi connectivity index (χ1v) is 17.2. The molecule has 0 saturated heterocycles. The number of benzene rings is 2. The number of aliphatic hydroxyl groups excluding tert-OH is 1. The summed E-state index contributed by atoms with van der Waals surface area (Å²) in [6.07, 6.45) is 2.39. The molecule has 2 nitrogen and oxygen atoms in total. The molecule has 0 amide bonds. The van der Waals surface area contributed by atoms with Gasteiger partial charge in [0, 0.05) is 27.3 Å². The molecule has 0 radical (unpaired) electrons. The van der Waals surface area contributed by atoms with Crippen molar-refractivity contribution in [3.05, 3.63) is 64.9 Å². The highest BCUT2D eigenvalue weighted by Crippen LogP contribution is 2.50. The zero-order chi connectivity index (χ0) is 32.5. The third-order valence-corrected chi connectivity index (χ3v) is 9.87. The van der Waals surface area contributed by atoms with Crippen LogP contribution in [-0.4, -0.2) is 15.3 Å². The molecule has 0 fully saturated rings. The number of hydrogen-bond donors (Lipinski definition) is 1. The molecule has 0 saturated carbocycles. The van der Waals surface area contributed by atoms with E-state index in [1.165, 1.54) is 32.0 Å². The highest BCUT2D eigenvalue weighted by molar-refractivity contribution is 8.18. The topological polar surface area (TPSA) is 29.5 Å². The summed E-state index contributed by atoms with van der Waals surface area (Å²) >= 11 is 3.90. The van der Waals surface area contributed by atoms with Gasteiger partial charge in [-0.2, -0.15) is 0 Å². The van der Waals surface area contributed by atoms with Crippen LogP contribution in [0.25, 0.3) is 0 Å². The van der Waals surface area contributed by atoms with Crippen molar-refractivity contribution in [1.82, 2.24) is 0 Å². The standard InChI is InChI=1S/C38H60O2S2/c1-25(39)18-17-19-26(2)40-33-31(36(9,10)11)23-30(24-32(33)37(12,13)14)42-38(15,16)41-29-21-27(34(3,4)5)20-28(22-29)35(6,7)8/h20-24,26,39H,1,17-19H2,2-16H3. The molecule has 0 heterocycles. The summed E-state index contributed by atoms with van der Waals surface area (Å²) in [5.41, 5.74) is 5.31. The summed E-state index contributed by atoms with van der Waals surface area (Å²) in [5, 5.41) is 9.53. The summed E-state index contributed by atoms with van der Waals surface area (Å²) in [4.78, 5) is 2.61. The Balaban J connectivity index is 2.54. The van der Waals surface area contributed by atoms with Crippen molar-refractivity contribution < 1.29 is 9.84 Å². The van der Waals surface area contributed by atoms with Gasteiger partial charge in [0.05, 0.1) is 15.9 Å². The highest BCUT2D eigenvalue weighted by atomic mass is 32.2. The Kier molecular flexibility index (Phi) is 11.5. The smallest absolute Gasteiger partial charge is 0.127 e. The summed E-state index contributed by atoms with van der Waals surface area (Å²) in [6, 6.07) is 11.9. The van der Waals surface area contributed by atoms with Gasteiger partial charge in [-0.1, -0.05) is 95.7 Å². The minimum absolute atomic E-state index is 0.0455. The molecule has 1 N–H and O–H groups in total. The SMILES string of the molecule is C=C(O)CCCC(C)Oc1c(C(C)(C)C)cc(SC(C)(C)Sc2cc(C(C)(C)C)cc(C(C)(C)C)c2)cc1C(C)(C)C. The van der Waals surface area contributed by atoms with Crippen LogP contribution >= 0.6 is 23.5 Å². The number of allylic oxidation sites excluding steroid dienone is 1. The number of rotatable bonds is 10. The Labute approximate surface area is 267 Å². The van der Waals surface area contributed by atoms with Crippen LogP contribution in [-0.2, 0) is 21.7 Å². The summed E-state index contributed by atoms with van der Waals surface area (Å²) in [6.45, 7) is 38.0. The fourth-order valence-electron chi connectivity index (χ4n) is 4.87. The van der Waals surface area contributed by atoms with Crippen molar-refractivity contribution in [2.45, 2.75) is 165 Å². The molecule has 2 aromatic rings. The molecule has 0 spiro atoms. The maximum atomic E-state index is 9.53. The Morgan fingerprint density at radius 1 is 0.690 bits per heavy atom. The van der Waals surface area contributed by atoms with E-state index >= 15 is 0 Å². The molecule has 2 aromatic carbocycles. The lowest BCUT2D eigenvalue weighted by Gasteiger charge is -2.33. The fourth-order valence-corrected chi connectivity index (χ4v) is 7.47. The maximum Gasteiger partial charge on any atom is 0.127 e. The summed E-state index contributed by atoms with van der Waals surface area (Å²) in [5.74, 6) is 1.27. The van der Waals surface area contributed by atoms with E-state index in [1.807, 2.05) is 23.5 Å². The first kappa shape index (κ1) is 36.7. The Bertz CT molecular complexity index is 1160. The molecule has 1 unspecified atom stereocenters. The molecule has 0 aromatic heterocycles. The monoisotopic (exact) mass is 612 g/mol. The number of hydrogen-bond acceptors (Lipinski definition) is 4. The maximum absolute atomic E-state index is 9.53. The van der Waals surface area contributed by atoms with Crippen LogP contribution in [0.5, 0.6) is 5.75 Å². The van der Waals surface area contributed by atoms with E-state index in [4.69, 9.17) is 4.74 Å². The van der Waals surface area contributed by atoms with Gasteiger partial charge in [0.2, 0.25) is 0 Å². The van der Waals surface area contributed by atoms with E-state index in [0.717, 1.165) is 18.6 Å². The molecule has 0 bridgehead atoms. The van der Waals surface area contributed by atoms with E-state index in [1.54, 1.807) is 0 Å². The van der Waals surface area contributed by atoms with Gasteiger partial charge < -0.3 is 9.84 Å². The van der Waals surface area contributed by atoms with Crippen LogP contribution in [0.1, 0.15) is 145 Å². The third-order valence-electron chi connectivity index (χ3n) is 7.44. The largest absolute Gasteiger partial charge is 0.513 e. The predicted octanol–water partition coefficient (Wildman–Crippen LogP) is 12.5. The van der Waals surface area contributed by atoms with Gasteiger partial charge in [-0.05, 0) is 90.7 Å². The van der Waals surface area contributed by atoms with Crippen LogP contribution in [0, 0.1) is 0 Å². The van der Waals surface area contributed by atoms with Crippen molar-refractivity contribution in [2.24, 2.45) is 0 Å². The number of thioether (sulfide) groups is 2. The second-order valence-corrected chi connectivity index (χ2v) is 20.2. The van der Waals surface area contributed by atoms with Crippen molar-refractivity contribution >= 4 is 23.5 Å². The lowest BCUT2D eigenvalue weighted by molar-refractivity contribution is 0.196. The van der Waals surface area contributed by atoms with Crippen molar-refractivity contribution in [2.75, 3.05) is 0 Å². The van der Waals surface area contributed by atoms with Crippen LogP contribution in [0.3, 0.4) is 0 Å². The predicted molar refractivity (Wildman–Crippen MR) is 189 cm³/mol. The molecule has 0 aliphatic carbocycles. The van der Waals surface area contributed by atoms with E-state index in [2.05, 4.69) is 141 Å². The van der Waals surface area contributed by atoms with Crippen molar-refractivity contribution in [3.8, 4) is 5.75 Å². The van der Waals surface area contributed by atoms with Gasteiger partial charge in [-0.15, -0.1) is 23.5 Å². The molecule has 2 rings (SSSR count). The van der Waals surface area contributed by atoms with Crippen molar-refractivity contribution in [3.63, 3.8) is 0 Å². The lowest BCUT2D eigenvalue weighted by Crippen LogP contribution is -2.23. The average Bonchev–Trinajstić information content (AvgIpc) is 2.76. The molecule has 42 heavy (non-hydrogen) atoms. The normalized spacial score (nSPS) is 14.2. The highest BCUT2D eigenvalue weighted by Gasteiger charge is 2.31. The Hall–Kier alpha value is -1.52. The molecular formula is C38H60O2S2. The second-order valence-electron chi connectivity index (χ2n) is 16.6. The first-order chi connectivity index (χ1) is 18.8.